The van der Waals surface area contributed by atoms with Crippen LogP contribution in [-0.4, -0.2) is 57.3 Å². The SMILES string of the molecule is C=CCN(C)S(=O)(=O)N(C)CCCNCCC. The molecule has 0 aromatic heterocycles. The van der Waals surface area contributed by atoms with Gasteiger partial charge in [-0.3, -0.25) is 0 Å². The molecule has 0 amide bonds. The minimum absolute atomic E-state index is 0.334. The molecule has 0 radical (unpaired) electrons. The van der Waals surface area contributed by atoms with E-state index in [0.717, 1.165) is 25.9 Å². The van der Waals surface area contributed by atoms with Crippen molar-refractivity contribution in [1.82, 2.24) is 13.9 Å². The molecule has 0 heterocycles. The molecule has 0 aromatic rings. The maximum Gasteiger partial charge on any atom is 0.281 e. The molecule has 102 valence electrons. The zero-order valence-electron chi connectivity index (χ0n) is 11.1. The molecule has 6 heteroatoms. The van der Waals surface area contributed by atoms with Gasteiger partial charge in [0.05, 0.1) is 0 Å². The molecule has 0 saturated heterocycles. The fourth-order valence-electron chi connectivity index (χ4n) is 1.36. The molecular weight excluding hydrogens is 238 g/mol. The van der Waals surface area contributed by atoms with Crippen molar-refractivity contribution in [2.75, 3.05) is 40.3 Å². The van der Waals surface area contributed by atoms with E-state index in [4.69, 9.17) is 0 Å². The predicted molar refractivity (Wildman–Crippen MR) is 72.2 cm³/mol. The Morgan fingerprint density at radius 2 is 1.88 bits per heavy atom. The summed E-state index contributed by atoms with van der Waals surface area (Å²) in [6.07, 6.45) is 3.49. The number of hydrogen-bond acceptors (Lipinski definition) is 3. The monoisotopic (exact) mass is 263 g/mol. The summed E-state index contributed by atoms with van der Waals surface area (Å²) in [5.41, 5.74) is 0. The highest BCUT2D eigenvalue weighted by Gasteiger charge is 2.21. The molecule has 0 unspecified atom stereocenters. The first kappa shape index (κ1) is 16.6. The van der Waals surface area contributed by atoms with Crippen LogP contribution < -0.4 is 5.32 Å². The van der Waals surface area contributed by atoms with Gasteiger partial charge in [-0.15, -0.1) is 6.58 Å². The topological polar surface area (TPSA) is 52.7 Å². The third kappa shape index (κ3) is 6.16. The fourth-order valence-corrected chi connectivity index (χ4v) is 2.49. The van der Waals surface area contributed by atoms with Crippen molar-refractivity contribution in [2.24, 2.45) is 0 Å². The third-order valence-corrected chi connectivity index (χ3v) is 4.33. The second-order valence-corrected chi connectivity index (χ2v) is 6.14. The van der Waals surface area contributed by atoms with E-state index in [9.17, 15) is 8.42 Å². The lowest BCUT2D eigenvalue weighted by atomic mass is 10.4. The number of nitrogens with one attached hydrogen (secondary N) is 1. The van der Waals surface area contributed by atoms with Crippen LogP contribution in [0.1, 0.15) is 19.8 Å². The second-order valence-electron chi connectivity index (χ2n) is 4.00. The maximum atomic E-state index is 11.9. The molecule has 0 aliphatic carbocycles. The van der Waals surface area contributed by atoms with Crippen molar-refractivity contribution in [3.8, 4) is 0 Å². The molecule has 5 nitrogen and oxygen atoms in total. The number of likely N-dealkylation sites (N-methyl/N-ethyl adjacent to an activating group) is 1. The quantitative estimate of drug-likeness (QED) is 0.465. The second kappa shape index (κ2) is 8.63. The van der Waals surface area contributed by atoms with E-state index in [1.165, 1.54) is 8.61 Å². The molecule has 0 aliphatic rings. The zero-order chi connectivity index (χ0) is 13.3. The molecule has 0 saturated carbocycles. The summed E-state index contributed by atoms with van der Waals surface area (Å²) in [4.78, 5) is 0. The van der Waals surface area contributed by atoms with Gasteiger partial charge in [-0.25, -0.2) is 0 Å². The molecule has 0 fully saturated rings. The first-order valence-electron chi connectivity index (χ1n) is 5.96. The Morgan fingerprint density at radius 1 is 1.24 bits per heavy atom. The van der Waals surface area contributed by atoms with E-state index in [2.05, 4.69) is 18.8 Å². The lowest BCUT2D eigenvalue weighted by Gasteiger charge is -2.23. The molecule has 1 N–H and O–H groups in total. The summed E-state index contributed by atoms with van der Waals surface area (Å²) < 4.78 is 26.5. The van der Waals surface area contributed by atoms with Crippen LogP contribution in [-0.2, 0) is 10.2 Å². The van der Waals surface area contributed by atoms with Gasteiger partial charge in [-0.05, 0) is 25.9 Å². The molecule has 0 atom stereocenters. The van der Waals surface area contributed by atoms with E-state index in [-0.39, 0.29) is 0 Å². The highest BCUT2D eigenvalue weighted by atomic mass is 32.2. The summed E-state index contributed by atoms with van der Waals surface area (Å²) in [7, 11) is -0.162. The average molecular weight is 263 g/mol. The summed E-state index contributed by atoms with van der Waals surface area (Å²) in [6, 6.07) is 0. The van der Waals surface area contributed by atoms with Gasteiger partial charge in [0.1, 0.15) is 0 Å². The number of rotatable bonds is 10. The standard InChI is InChI=1S/C11H25N3O2S/c1-5-8-12-9-7-11-14(4)17(15,16)13(3)10-6-2/h6,12H,2,5,7-11H2,1,3-4H3. The molecule has 0 spiro atoms. The first-order valence-corrected chi connectivity index (χ1v) is 7.35. The summed E-state index contributed by atoms with van der Waals surface area (Å²) >= 11 is 0. The van der Waals surface area contributed by atoms with Gasteiger partial charge in [0.25, 0.3) is 10.2 Å². The van der Waals surface area contributed by atoms with Crippen molar-refractivity contribution >= 4 is 10.2 Å². The van der Waals surface area contributed by atoms with Crippen molar-refractivity contribution in [3.05, 3.63) is 12.7 Å². The normalized spacial score (nSPS) is 12.3. The Hall–Kier alpha value is -0.430. The van der Waals surface area contributed by atoms with Gasteiger partial charge >= 0.3 is 0 Å². The Balaban J connectivity index is 4.03. The molecular formula is C11H25N3O2S. The van der Waals surface area contributed by atoms with Gasteiger partial charge in [-0.2, -0.15) is 17.0 Å². The Labute approximate surface area is 106 Å². The molecule has 0 aliphatic heterocycles. The fraction of sp³-hybridized carbons (Fsp3) is 0.818. The maximum absolute atomic E-state index is 11.9. The van der Waals surface area contributed by atoms with E-state index in [0.29, 0.717) is 13.1 Å². The number of nitrogens with zero attached hydrogens (tertiary/aromatic N) is 2. The minimum atomic E-state index is -3.33. The van der Waals surface area contributed by atoms with E-state index >= 15 is 0 Å². The van der Waals surface area contributed by atoms with Crippen molar-refractivity contribution in [1.29, 1.82) is 0 Å². The van der Waals surface area contributed by atoms with Gasteiger partial charge in [0.2, 0.25) is 0 Å². The largest absolute Gasteiger partial charge is 0.317 e. The molecule has 0 rings (SSSR count). The van der Waals surface area contributed by atoms with Crippen LogP contribution in [0.3, 0.4) is 0 Å². The Bertz CT molecular complexity index is 304. The van der Waals surface area contributed by atoms with Crippen LogP contribution in [0.2, 0.25) is 0 Å². The van der Waals surface area contributed by atoms with Crippen molar-refractivity contribution in [2.45, 2.75) is 19.8 Å². The van der Waals surface area contributed by atoms with Crippen LogP contribution in [0.25, 0.3) is 0 Å². The van der Waals surface area contributed by atoms with Gasteiger partial charge in [0, 0.05) is 27.2 Å². The van der Waals surface area contributed by atoms with E-state index in [1.807, 2.05) is 0 Å². The van der Waals surface area contributed by atoms with Crippen molar-refractivity contribution < 1.29 is 8.42 Å². The van der Waals surface area contributed by atoms with Gasteiger partial charge < -0.3 is 5.32 Å². The van der Waals surface area contributed by atoms with Crippen LogP contribution in [0.5, 0.6) is 0 Å². The minimum Gasteiger partial charge on any atom is -0.317 e. The predicted octanol–water partition coefficient (Wildman–Crippen LogP) is 0.671. The van der Waals surface area contributed by atoms with E-state index in [1.54, 1.807) is 20.2 Å². The summed E-state index contributed by atoms with van der Waals surface area (Å²) in [6.45, 7) is 8.33. The molecule has 17 heavy (non-hydrogen) atoms. The third-order valence-electron chi connectivity index (χ3n) is 2.43. The van der Waals surface area contributed by atoms with Gasteiger partial charge in [-0.1, -0.05) is 13.0 Å². The average Bonchev–Trinajstić information content (AvgIpc) is 2.28. The first-order chi connectivity index (χ1) is 7.96. The van der Waals surface area contributed by atoms with Crippen LogP contribution in [0.15, 0.2) is 12.7 Å². The smallest absolute Gasteiger partial charge is 0.281 e. The van der Waals surface area contributed by atoms with Crippen LogP contribution in [0, 0.1) is 0 Å². The van der Waals surface area contributed by atoms with Gasteiger partial charge in [0.15, 0.2) is 0 Å². The van der Waals surface area contributed by atoms with Crippen molar-refractivity contribution in [3.63, 3.8) is 0 Å². The lowest BCUT2D eigenvalue weighted by Crippen LogP contribution is -2.40. The summed E-state index contributed by atoms with van der Waals surface area (Å²) in [5.74, 6) is 0. The highest BCUT2D eigenvalue weighted by molar-refractivity contribution is 7.86. The molecule has 0 bridgehead atoms. The highest BCUT2D eigenvalue weighted by Crippen LogP contribution is 2.04. The summed E-state index contributed by atoms with van der Waals surface area (Å²) in [5, 5.41) is 3.24. The van der Waals surface area contributed by atoms with Crippen LogP contribution >= 0.6 is 0 Å². The lowest BCUT2D eigenvalue weighted by molar-refractivity contribution is 0.399. The molecule has 0 aromatic carbocycles. The Morgan fingerprint density at radius 3 is 2.41 bits per heavy atom. The van der Waals surface area contributed by atoms with E-state index < -0.39 is 10.2 Å². The zero-order valence-corrected chi connectivity index (χ0v) is 12.0. The Kier molecular flexibility index (Phi) is 8.41. The van der Waals surface area contributed by atoms with Crippen LogP contribution in [0.4, 0.5) is 0 Å². The number of hydrogen-bond donors (Lipinski definition) is 1.